The quantitative estimate of drug-likeness (QED) is 0.666. The van der Waals surface area contributed by atoms with E-state index in [2.05, 4.69) is 10.4 Å². The molecule has 3 aromatic rings. The molecule has 0 saturated heterocycles. The highest BCUT2D eigenvalue weighted by molar-refractivity contribution is 7.13. The van der Waals surface area contributed by atoms with Gasteiger partial charge in [0.25, 0.3) is 5.89 Å². The Labute approximate surface area is 152 Å². The number of rotatable bonds is 6. The van der Waals surface area contributed by atoms with Gasteiger partial charge in [-0.3, -0.25) is 4.79 Å². The zero-order valence-electron chi connectivity index (χ0n) is 13.8. The van der Waals surface area contributed by atoms with Crippen LogP contribution in [0, 0.1) is 0 Å². The summed E-state index contributed by atoms with van der Waals surface area (Å²) in [5.74, 6) is -1.40. The Hall–Kier alpha value is -3.20. The molecule has 0 aliphatic rings. The Morgan fingerprint density at radius 3 is 2.69 bits per heavy atom. The maximum atomic E-state index is 12.1. The summed E-state index contributed by atoms with van der Waals surface area (Å²) in [6, 6.07) is 9.83. The molecule has 134 valence electrons. The number of thiophene rings is 1. The van der Waals surface area contributed by atoms with Gasteiger partial charge in [0.05, 0.1) is 17.0 Å². The van der Waals surface area contributed by atoms with Gasteiger partial charge in [-0.15, -0.1) is 16.4 Å². The predicted molar refractivity (Wildman–Crippen MR) is 95.1 cm³/mol. The molecule has 0 bridgehead atoms. The predicted octanol–water partition coefficient (Wildman–Crippen LogP) is 2.38. The third kappa shape index (κ3) is 4.06. The number of nitrogens with zero attached hydrogens (tertiary/aromatic N) is 2. The van der Waals surface area contributed by atoms with E-state index in [1.807, 2.05) is 11.4 Å². The first-order chi connectivity index (χ1) is 12.6. The summed E-state index contributed by atoms with van der Waals surface area (Å²) in [4.78, 5) is 36.2. The molecule has 3 rings (SSSR count). The number of aromatic nitrogens is 2. The molecule has 0 atom stereocenters. The standard InChI is InChI=1S/C17H15N3O5S/c1-2-24-16(22)11-5-7-12(8-6-11)18-14(21)10-20-17(23)25-15(19-20)13-4-3-9-26-13/h3-9H,2,10H2,1H3,(H,18,21). The molecule has 1 aromatic carbocycles. The van der Waals surface area contributed by atoms with Crippen LogP contribution in [0.15, 0.2) is 51.0 Å². The van der Waals surface area contributed by atoms with Crippen LogP contribution in [-0.2, 0) is 16.1 Å². The van der Waals surface area contributed by atoms with Gasteiger partial charge in [0.1, 0.15) is 6.54 Å². The molecule has 0 aliphatic carbocycles. The van der Waals surface area contributed by atoms with Crippen molar-refractivity contribution in [1.29, 1.82) is 0 Å². The molecular formula is C17H15N3O5S. The van der Waals surface area contributed by atoms with Crippen LogP contribution < -0.4 is 11.1 Å². The van der Waals surface area contributed by atoms with Crippen LogP contribution in [0.3, 0.4) is 0 Å². The van der Waals surface area contributed by atoms with E-state index in [0.717, 1.165) is 4.68 Å². The highest BCUT2D eigenvalue weighted by Gasteiger charge is 2.14. The highest BCUT2D eigenvalue weighted by Crippen LogP contribution is 2.21. The molecule has 26 heavy (non-hydrogen) atoms. The van der Waals surface area contributed by atoms with Crippen molar-refractivity contribution in [3.8, 4) is 10.8 Å². The lowest BCUT2D eigenvalue weighted by Gasteiger charge is -2.06. The van der Waals surface area contributed by atoms with E-state index in [4.69, 9.17) is 9.15 Å². The first-order valence-corrected chi connectivity index (χ1v) is 8.63. The lowest BCUT2D eigenvalue weighted by atomic mass is 10.2. The molecular weight excluding hydrogens is 358 g/mol. The van der Waals surface area contributed by atoms with E-state index in [-0.39, 0.29) is 19.0 Å². The Morgan fingerprint density at radius 2 is 2.04 bits per heavy atom. The zero-order chi connectivity index (χ0) is 18.5. The zero-order valence-corrected chi connectivity index (χ0v) is 14.6. The second-order valence-electron chi connectivity index (χ2n) is 5.15. The number of hydrogen-bond donors (Lipinski definition) is 1. The number of benzene rings is 1. The van der Waals surface area contributed by atoms with Gasteiger partial charge in [-0.05, 0) is 42.6 Å². The van der Waals surface area contributed by atoms with E-state index in [1.54, 1.807) is 37.3 Å². The maximum Gasteiger partial charge on any atom is 0.437 e. The van der Waals surface area contributed by atoms with Gasteiger partial charge in [0.15, 0.2) is 0 Å². The molecule has 8 nitrogen and oxygen atoms in total. The van der Waals surface area contributed by atoms with Crippen molar-refractivity contribution >= 4 is 28.9 Å². The number of anilines is 1. The smallest absolute Gasteiger partial charge is 0.437 e. The van der Waals surface area contributed by atoms with Crippen LogP contribution in [0.25, 0.3) is 10.8 Å². The number of carbonyl (C=O) groups is 2. The molecule has 9 heteroatoms. The summed E-state index contributed by atoms with van der Waals surface area (Å²) in [5.41, 5.74) is 0.872. The van der Waals surface area contributed by atoms with Gasteiger partial charge >= 0.3 is 11.7 Å². The Bertz CT molecular complexity index is 957. The normalized spacial score (nSPS) is 10.5. The van der Waals surface area contributed by atoms with Crippen molar-refractivity contribution in [2.75, 3.05) is 11.9 Å². The first-order valence-electron chi connectivity index (χ1n) is 7.75. The van der Waals surface area contributed by atoms with Gasteiger partial charge in [0, 0.05) is 5.69 Å². The van der Waals surface area contributed by atoms with Crippen LogP contribution in [-0.4, -0.2) is 28.3 Å². The average Bonchev–Trinajstić information content (AvgIpc) is 3.26. The Kier molecular flexibility index (Phi) is 5.28. The summed E-state index contributed by atoms with van der Waals surface area (Å²) in [6.07, 6.45) is 0. The number of esters is 1. The lowest BCUT2D eigenvalue weighted by Crippen LogP contribution is -2.25. The molecule has 0 spiro atoms. The summed E-state index contributed by atoms with van der Waals surface area (Å²) < 4.78 is 10.9. The average molecular weight is 373 g/mol. The Morgan fingerprint density at radius 1 is 1.27 bits per heavy atom. The van der Waals surface area contributed by atoms with Crippen molar-refractivity contribution in [2.24, 2.45) is 0 Å². The number of hydrogen-bond acceptors (Lipinski definition) is 7. The van der Waals surface area contributed by atoms with Crippen molar-refractivity contribution in [3.63, 3.8) is 0 Å². The van der Waals surface area contributed by atoms with Crippen LogP contribution in [0.4, 0.5) is 5.69 Å². The fraction of sp³-hybridized carbons (Fsp3) is 0.176. The second kappa shape index (κ2) is 7.79. The molecule has 0 radical (unpaired) electrons. The molecule has 0 fully saturated rings. The molecule has 0 unspecified atom stereocenters. The first kappa shape index (κ1) is 17.6. The van der Waals surface area contributed by atoms with Crippen molar-refractivity contribution < 1.29 is 18.7 Å². The number of carbonyl (C=O) groups excluding carboxylic acids is 2. The molecule has 2 heterocycles. The fourth-order valence-electron chi connectivity index (χ4n) is 2.15. The van der Waals surface area contributed by atoms with Gasteiger partial charge < -0.3 is 14.5 Å². The van der Waals surface area contributed by atoms with Crippen molar-refractivity contribution in [2.45, 2.75) is 13.5 Å². The molecule has 0 aliphatic heterocycles. The van der Waals surface area contributed by atoms with Gasteiger partial charge in [-0.2, -0.15) is 4.68 Å². The van der Waals surface area contributed by atoms with Crippen LogP contribution in [0.1, 0.15) is 17.3 Å². The van der Waals surface area contributed by atoms with Crippen LogP contribution in [0.2, 0.25) is 0 Å². The number of ether oxygens (including phenoxy) is 1. The number of nitrogens with one attached hydrogen (secondary N) is 1. The number of amides is 1. The van der Waals surface area contributed by atoms with Crippen molar-refractivity contribution in [3.05, 3.63) is 57.9 Å². The second-order valence-corrected chi connectivity index (χ2v) is 6.10. The molecule has 1 N–H and O–H groups in total. The minimum atomic E-state index is -0.707. The molecule has 1 amide bonds. The third-order valence-electron chi connectivity index (χ3n) is 3.31. The van der Waals surface area contributed by atoms with Gasteiger partial charge in [-0.25, -0.2) is 9.59 Å². The van der Waals surface area contributed by atoms with Crippen molar-refractivity contribution in [1.82, 2.24) is 9.78 Å². The topological polar surface area (TPSA) is 103 Å². The molecule has 0 saturated carbocycles. The largest absolute Gasteiger partial charge is 0.462 e. The lowest BCUT2D eigenvalue weighted by molar-refractivity contribution is -0.117. The van der Waals surface area contributed by atoms with E-state index < -0.39 is 17.6 Å². The van der Waals surface area contributed by atoms with E-state index in [1.165, 1.54) is 11.3 Å². The van der Waals surface area contributed by atoms with E-state index in [9.17, 15) is 14.4 Å². The summed E-state index contributed by atoms with van der Waals surface area (Å²) in [7, 11) is 0. The summed E-state index contributed by atoms with van der Waals surface area (Å²) in [5, 5.41) is 8.48. The van der Waals surface area contributed by atoms with E-state index >= 15 is 0 Å². The van der Waals surface area contributed by atoms with Gasteiger partial charge in [0.2, 0.25) is 5.91 Å². The molecule has 2 aromatic heterocycles. The third-order valence-corrected chi connectivity index (χ3v) is 4.17. The monoisotopic (exact) mass is 373 g/mol. The van der Waals surface area contributed by atoms with Crippen LogP contribution in [0.5, 0.6) is 0 Å². The maximum absolute atomic E-state index is 12.1. The summed E-state index contributed by atoms with van der Waals surface area (Å²) >= 11 is 1.38. The summed E-state index contributed by atoms with van der Waals surface area (Å²) in [6.45, 7) is 1.73. The van der Waals surface area contributed by atoms with E-state index in [0.29, 0.717) is 16.1 Å². The van der Waals surface area contributed by atoms with Crippen LogP contribution >= 0.6 is 11.3 Å². The highest BCUT2D eigenvalue weighted by atomic mass is 32.1. The minimum absolute atomic E-state index is 0.177. The fourth-order valence-corrected chi connectivity index (χ4v) is 2.79. The minimum Gasteiger partial charge on any atom is -0.462 e. The SMILES string of the molecule is CCOC(=O)c1ccc(NC(=O)Cn2nc(-c3cccs3)oc2=O)cc1. The Balaban J connectivity index is 1.64. The van der Waals surface area contributed by atoms with Gasteiger partial charge in [-0.1, -0.05) is 6.07 Å².